The third kappa shape index (κ3) is 4.81. The van der Waals surface area contributed by atoms with Crippen molar-refractivity contribution in [1.82, 2.24) is 4.90 Å². The maximum absolute atomic E-state index is 13.1. The van der Waals surface area contributed by atoms with Gasteiger partial charge in [0.2, 0.25) is 0 Å². The topological polar surface area (TPSA) is 82.1 Å². The molecule has 0 N–H and O–H groups in total. The van der Waals surface area contributed by atoms with Gasteiger partial charge in [0.1, 0.15) is 0 Å². The highest BCUT2D eigenvalue weighted by atomic mass is 16.6. The van der Waals surface area contributed by atoms with Gasteiger partial charge in [-0.3, -0.25) is 4.90 Å². The molecule has 1 aliphatic rings. The van der Waals surface area contributed by atoms with Crippen molar-refractivity contribution in [2.24, 2.45) is 0 Å². The molecule has 0 saturated carbocycles. The van der Waals surface area contributed by atoms with Crippen molar-refractivity contribution in [1.29, 1.82) is 0 Å². The van der Waals surface area contributed by atoms with Gasteiger partial charge in [0.25, 0.3) is 0 Å². The van der Waals surface area contributed by atoms with Crippen LogP contribution in [0, 0.1) is 13.8 Å². The van der Waals surface area contributed by atoms with Gasteiger partial charge in [0.05, 0.1) is 36.9 Å². The average Bonchev–Trinajstić information content (AvgIpc) is 2.68. The van der Waals surface area contributed by atoms with E-state index in [-0.39, 0.29) is 31.0 Å². The van der Waals surface area contributed by atoms with Gasteiger partial charge >= 0.3 is 18.0 Å². The lowest BCUT2D eigenvalue weighted by atomic mass is 9.78. The predicted molar refractivity (Wildman–Crippen MR) is 116 cm³/mol. The molecule has 0 radical (unpaired) electrons. The minimum atomic E-state index is -0.732. The van der Waals surface area contributed by atoms with Crippen molar-refractivity contribution in [3.8, 4) is 0 Å². The van der Waals surface area contributed by atoms with Gasteiger partial charge < -0.3 is 14.2 Å². The summed E-state index contributed by atoms with van der Waals surface area (Å²) in [6.45, 7) is 12.8. The lowest BCUT2D eigenvalue weighted by molar-refractivity contribution is -0.139. The van der Waals surface area contributed by atoms with Crippen LogP contribution >= 0.6 is 0 Å². The van der Waals surface area contributed by atoms with Gasteiger partial charge in [0.15, 0.2) is 0 Å². The minimum Gasteiger partial charge on any atom is -0.463 e. The van der Waals surface area contributed by atoms with Crippen molar-refractivity contribution < 1.29 is 28.6 Å². The van der Waals surface area contributed by atoms with Crippen LogP contribution in [0.2, 0.25) is 0 Å². The largest absolute Gasteiger partial charge is 0.463 e. The van der Waals surface area contributed by atoms with E-state index in [1.54, 1.807) is 34.6 Å². The number of carbonyl (C=O) groups is 3. The number of amides is 1. The summed E-state index contributed by atoms with van der Waals surface area (Å²) in [5, 5.41) is 0. The van der Waals surface area contributed by atoms with Crippen LogP contribution in [0.4, 0.5) is 4.79 Å². The maximum atomic E-state index is 13.1. The summed E-state index contributed by atoms with van der Waals surface area (Å²) < 4.78 is 15.8. The summed E-state index contributed by atoms with van der Waals surface area (Å²) in [6.07, 6.45) is -0.667. The molecule has 0 saturated heterocycles. The molecule has 1 aromatic rings. The predicted octanol–water partition coefficient (Wildman–Crippen LogP) is 4.53. The molecule has 7 nitrogen and oxygen atoms in total. The average molecular weight is 430 g/mol. The summed E-state index contributed by atoms with van der Waals surface area (Å²) in [6, 6.07) is 5.81. The molecule has 0 unspecified atom stereocenters. The fraction of sp³-hybridized carbons (Fsp3) is 0.458. The van der Waals surface area contributed by atoms with E-state index in [4.69, 9.17) is 14.2 Å². The number of rotatable bonds is 6. The summed E-state index contributed by atoms with van der Waals surface area (Å²) in [5.41, 5.74) is 3.92. The molecule has 0 spiro atoms. The van der Waals surface area contributed by atoms with Gasteiger partial charge in [-0.2, -0.15) is 0 Å². The van der Waals surface area contributed by atoms with Gasteiger partial charge in [0, 0.05) is 11.4 Å². The molecular formula is C24H31NO6. The second-order valence-electron chi connectivity index (χ2n) is 7.27. The summed E-state index contributed by atoms with van der Waals surface area (Å²) in [7, 11) is 0. The van der Waals surface area contributed by atoms with E-state index in [0.717, 1.165) is 16.7 Å². The molecule has 0 aliphatic carbocycles. The normalized spacial score (nSPS) is 14.6. The van der Waals surface area contributed by atoms with Crippen LogP contribution in [0.5, 0.6) is 0 Å². The Labute approximate surface area is 183 Å². The Bertz CT molecular complexity index is 901. The lowest BCUT2D eigenvalue weighted by Crippen LogP contribution is -2.39. The number of ether oxygens (including phenoxy) is 3. The van der Waals surface area contributed by atoms with Gasteiger partial charge in [-0.25, -0.2) is 14.4 Å². The van der Waals surface area contributed by atoms with Crippen LogP contribution in [0.3, 0.4) is 0 Å². The van der Waals surface area contributed by atoms with Crippen molar-refractivity contribution in [3.05, 3.63) is 57.4 Å². The van der Waals surface area contributed by atoms with Gasteiger partial charge in [-0.15, -0.1) is 0 Å². The van der Waals surface area contributed by atoms with E-state index in [0.29, 0.717) is 11.4 Å². The molecular weight excluding hydrogens is 398 g/mol. The SMILES string of the molecule is CCOC(=O)C1=C(C)N(C(=O)OCC)C(C)=C(C(=O)OCC)C1c1ccc(C)cc1C. The van der Waals surface area contributed by atoms with Crippen molar-refractivity contribution >= 4 is 18.0 Å². The van der Waals surface area contributed by atoms with Crippen LogP contribution < -0.4 is 0 Å². The molecule has 0 bridgehead atoms. The molecule has 31 heavy (non-hydrogen) atoms. The first kappa shape index (κ1) is 24.2. The second-order valence-corrected chi connectivity index (χ2v) is 7.27. The number of hydrogen-bond acceptors (Lipinski definition) is 6. The van der Waals surface area contributed by atoms with Gasteiger partial charge in [-0.1, -0.05) is 23.8 Å². The number of hydrogen-bond donors (Lipinski definition) is 0. The number of allylic oxidation sites excluding steroid dienone is 2. The first-order chi connectivity index (χ1) is 14.7. The standard InChI is InChI=1S/C24H31NO6/c1-8-29-22(26)19-16(6)25(24(28)31-10-3)17(7)20(23(27)30-9-2)21(19)18-12-11-14(4)13-15(18)5/h11-13,21H,8-10H2,1-7H3. The van der Waals surface area contributed by atoms with Crippen molar-refractivity contribution in [3.63, 3.8) is 0 Å². The maximum Gasteiger partial charge on any atom is 0.418 e. The Morgan fingerprint density at radius 2 is 1.29 bits per heavy atom. The van der Waals surface area contributed by atoms with E-state index in [1.165, 1.54) is 4.90 Å². The summed E-state index contributed by atoms with van der Waals surface area (Å²) >= 11 is 0. The summed E-state index contributed by atoms with van der Waals surface area (Å²) in [4.78, 5) is 40.2. The Hall–Kier alpha value is -3.09. The van der Waals surface area contributed by atoms with E-state index >= 15 is 0 Å². The van der Waals surface area contributed by atoms with E-state index < -0.39 is 23.9 Å². The zero-order valence-corrected chi connectivity index (χ0v) is 19.3. The van der Waals surface area contributed by atoms with Crippen LogP contribution in [0.1, 0.15) is 57.2 Å². The monoisotopic (exact) mass is 429 g/mol. The molecule has 0 aromatic heterocycles. The second kappa shape index (κ2) is 10.3. The molecule has 0 fully saturated rings. The Balaban J connectivity index is 2.86. The smallest absolute Gasteiger partial charge is 0.418 e. The fourth-order valence-electron chi connectivity index (χ4n) is 3.93. The van der Waals surface area contributed by atoms with Crippen LogP contribution in [0.25, 0.3) is 0 Å². The molecule has 168 valence electrons. The highest BCUT2D eigenvalue weighted by Crippen LogP contribution is 2.44. The number of benzene rings is 1. The number of aryl methyl sites for hydroxylation is 2. The number of nitrogens with zero attached hydrogens (tertiary/aromatic N) is 1. The Kier molecular flexibility index (Phi) is 8.02. The zero-order valence-electron chi connectivity index (χ0n) is 19.3. The fourth-order valence-corrected chi connectivity index (χ4v) is 3.93. The molecule has 2 rings (SSSR count). The minimum absolute atomic E-state index is 0.153. The quantitative estimate of drug-likeness (QED) is 0.488. The molecule has 1 heterocycles. The highest BCUT2D eigenvalue weighted by Gasteiger charge is 2.43. The first-order valence-electron chi connectivity index (χ1n) is 10.5. The highest BCUT2D eigenvalue weighted by molar-refractivity contribution is 6.01. The van der Waals surface area contributed by atoms with Crippen LogP contribution in [-0.2, 0) is 23.8 Å². The van der Waals surface area contributed by atoms with Crippen molar-refractivity contribution in [2.45, 2.75) is 54.4 Å². The zero-order chi connectivity index (χ0) is 23.3. The van der Waals surface area contributed by atoms with E-state index in [2.05, 4.69) is 0 Å². The molecule has 1 amide bonds. The molecule has 7 heteroatoms. The molecule has 0 atom stereocenters. The van der Waals surface area contributed by atoms with E-state index in [9.17, 15) is 14.4 Å². The third-order valence-corrected chi connectivity index (χ3v) is 5.21. The number of carbonyl (C=O) groups excluding carboxylic acids is 3. The Morgan fingerprint density at radius 3 is 1.71 bits per heavy atom. The molecule has 1 aromatic carbocycles. The first-order valence-corrected chi connectivity index (χ1v) is 10.5. The Morgan fingerprint density at radius 1 is 0.806 bits per heavy atom. The van der Waals surface area contributed by atoms with E-state index in [1.807, 2.05) is 32.0 Å². The third-order valence-electron chi connectivity index (χ3n) is 5.21. The van der Waals surface area contributed by atoms with Crippen LogP contribution in [-0.4, -0.2) is 42.8 Å². The summed E-state index contributed by atoms with van der Waals surface area (Å²) in [5.74, 6) is -1.91. The van der Waals surface area contributed by atoms with Crippen LogP contribution in [0.15, 0.2) is 40.7 Å². The lowest BCUT2D eigenvalue weighted by Gasteiger charge is -2.36. The van der Waals surface area contributed by atoms with Crippen molar-refractivity contribution in [2.75, 3.05) is 19.8 Å². The number of esters is 2. The molecule has 1 aliphatic heterocycles. The van der Waals surface area contributed by atoms with Gasteiger partial charge in [-0.05, 0) is 59.6 Å².